The van der Waals surface area contributed by atoms with Crippen LogP contribution >= 0.6 is 11.6 Å². The third-order valence-corrected chi connectivity index (χ3v) is 5.51. The number of nitrogens with one attached hydrogen (secondary N) is 2. The largest absolute Gasteiger partial charge is 0.494 e. The maximum Gasteiger partial charge on any atom is 0.237 e. The van der Waals surface area contributed by atoms with Crippen molar-refractivity contribution in [1.82, 2.24) is 15.5 Å². The molecule has 0 aliphatic carbocycles. The quantitative estimate of drug-likeness (QED) is 0.713. The molecule has 0 unspecified atom stereocenters. The Morgan fingerprint density at radius 3 is 2.61 bits per heavy atom. The van der Waals surface area contributed by atoms with Gasteiger partial charge in [0.15, 0.2) is 0 Å². The maximum atomic E-state index is 12.4. The summed E-state index contributed by atoms with van der Waals surface area (Å²) < 4.78 is 5.71. The lowest BCUT2D eigenvalue weighted by Gasteiger charge is -2.23. The zero-order chi connectivity index (χ0) is 19.9. The van der Waals surface area contributed by atoms with Crippen LogP contribution in [0.1, 0.15) is 24.5 Å². The molecule has 5 nitrogen and oxygen atoms in total. The Bertz CT molecular complexity index is 799. The number of hydrogen-bond donors (Lipinski definition) is 2. The molecule has 1 heterocycles. The van der Waals surface area contributed by atoms with E-state index in [9.17, 15) is 4.79 Å². The van der Waals surface area contributed by atoms with Crippen molar-refractivity contribution in [1.29, 1.82) is 0 Å². The fraction of sp³-hybridized carbons (Fsp3) is 0.409. The van der Waals surface area contributed by atoms with E-state index in [1.54, 1.807) is 7.05 Å². The average molecular weight is 402 g/mol. The number of halogens is 1. The predicted molar refractivity (Wildman–Crippen MR) is 113 cm³/mol. The van der Waals surface area contributed by atoms with Crippen LogP contribution in [0.5, 0.6) is 5.75 Å². The number of hydrogen-bond acceptors (Lipinski definition) is 4. The van der Waals surface area contributed by atoms with Gasteiger partial charge in [-0.15, -0.1) is 0 Å². The van der Waals surface area contributed by atoms with E-state index >= 15 is 0 Å². The molecule has 2 aromatic carbocycles. The summed E-state index contributed by atoms with van der Waals surface area (Å²) in [5, 5.41) is 7.13. The molecule has 0 aromatic heterocycles. The topological polar surface area (TPSA) is 53.6 Å². The summed E-state index contributed by atoms with van der Waals surface area (Å²) in [4.78, 5) is 14.6. The molecular weight excluding hydrogens is 374 g/mol. The van der Waals surface area contributed by atoms with E-state index in [4.69, 9.17) is 16.3 Å². The molecule has 2 N–H and O–H groups in total. The Morgan fingerprint density at radius 1 is 1.18 bits per heavy atom. The Hall–Kier alpha value is -2.08. The predicted octanol–water partition coefficient (Wildman–Crippen LogP) is 3.22. The van der Waals surface area contributed by atoms with Crippen molar-refractivity contribution in [2.45, 2.75) is 38.5 Å². The number of benzene rings is 2. The number of amides is 1. The van der Waals surface area contributed by atoms with E-state index < -0.39 is 0 Å². The van der Waals surface area contributed by atoms with Crippen molar-refractivity contribution >= 4 is 17.5 Å². The Labute approximate surface area is 172 Å². The first-order valence-corrected chi connectivity index (χ1v) is 10.1. The Balaban J connectivity index is 1.67. The molecule has 3 rings (SSSR count). The molecule has 0 saturated carbocycles. The molecule has 6 heteroatoms. The lowest BCUT2D eigenvalue weighted by molar-refractivity contribution is -0.125. The number of likely N-dealkylation sites (N-methyl/N-ethyl adjacent to an activating group) is 1. The van der Waals surface area contributed by atoms with E-state index in [1.807, 2.05) is 49.4 Å². The zero-order valence-electron chi connectivity index (χ0n) is 16.5. The molecule has 1 aliphatic rings. The molecule has 0 spiro atoms. The van der Waals surface area contributed by atoms with Gasteiger partial charge in [-0.25, -0.2) is 0 Å². The van der Waals surface area contributed by atoms with Crippen LogP contribution in [0.3, 0.4) is 0 Å². The van der Waals surface area contributed by atoms with Crippen LogP contribution in [0.4, 0.5) is 0 Å². The minimum atomic E-state index is -0.166. The Kier molecular flexibility index (Phi) is 7.31. The highest BCUT2D eigenvalue weighted by Gasteiger charge is 2.36. The fourth-order valence-electron chi connectivity index (χ4n) is 3.71. The standard InChI is InChI=1S/C22H28ClN3O2/c1-3-28-21-11-7-5-8-16(21)13-25-18-12-20(22(27)24-2)26(15-18)14-17-9-4-6-10-19(17)23/h4-11,18,20,25H,3,12-15H2,1-2H3,(H,24,27)/t18-,20+/m1/s1. The second-order valence-electron chi connectivity index (χ2n) is 7.01. The third-order valence-electron chi connectivity index (χ3n) is 5.14. The van der Waals surface area contributed by atoms with Crippen LogP contribution < -0.4 is 15.4 Å². The minimum absolute atomic E-state index is 0.0473. The highest BCUT2D eigenvalue weighted by molar-refractivity contribution is 6.31. The van der Waals surface area contributed by atoms with E-state index in [0.29, 0.717) is 19.7 Å². The van der Waals surface area contributed by atoms with Crippen LogP contribution in [0.2, 0.25) is 5.02 Å². The number of rotatable bonds is 8. The molecule has 0 radical (unpaired) electrons. The molecule has 1 fully saturated rings. The van der Waals surface area contributed by atoms with Crippen LogP contribution in [-0.4, -0.2) is 43.1 Å². The van der Waals surface area contributed by atoms with Gasteiger partial charge in [-0.2, -0.15) is 0 Å². The van der Waals surface area contributed by atoms with Gasteiger partial charge in [0.2, 0.25) is 5.91 Å². The lowest BCUT2D eigenvalue weighted by atomic mass is 10.1. The van der Waals surface area contributed by atoms with E-state index in [-0.39, 0.29) is 18.0 Å². The molecule has 150 valence electrons. The first-order valence-electron chi connectivity index (χ1n) is 9.75. The van der Waals surface area contributed by atoms with Crippen LogP contribution in [0.25, 0.3) is 0 Å². The first kappa shape index (κ1) is 20.6. The lowest BCUT2D eigenvalue weighted by Crippen LogP contribution is -2.41. The van der Waals surface area contributed by atoms with E-state index in [2.05, 4.69) is 21.6 Å². The Morgan fingerprint density at radius 2 is 1.89 bits per heavy atom. The summed E-state index contributed by atoms with van der Waals surface area (Å²) in [5.41, 5.74) is 2.17. The number of carbonyl (C=O) groups is 1. The zero-order valence-corrected chi connectivity index (χ0v) is 17.2. The summed E-state index contributed by atoms with van der Waals surface area (Å²) in [6, 6.07) is 15.9. The van der Waals surface area contributed by atoms with Crippen molar-refractivity contribution in [2.75, 3.05) is 20.2 Å². The molecule has 28 heavy (non-hydrogen) atoms. The van der Waals surface area contributed by atoms with Gasteiger partial charge in [0.25, 0.3) is 0 Å². The molecule has 2 aromatic rings. The molecule has 2 atom stereocenters. The molecular formula is C22H28ClN3O2. The number of carbonyl (C=O) groups excluding carboxylic acids is 1. The second-order valence-corrected chi connectivity index (χ2v) is 7.41. The van der Waals surface area contributed by atoms with Gasteiger partial charge in [0.05, 0.1) is 12.6 Å². The van der Waals surface area contributed by atoms with Gasteiger partial charge < -0.3 is 15.4 Å². The number of para-hydroxylation sites is 1. The molecule has 1 aliphatic heterocycles. The summed E-state index contributed by atoms with van der Waals surface area (Å²) in [6.07, 6.45) is 0.765. The molecule has 1 amide bonds. The normalized spacial score (nSPS) is 19.5. The van der Waals surface area contributed by atoms with Crippen molar-refractivity contribution in [2.24, 2.45) is 0 Å². The van der Waals surface area contributed by atoms with Gasteiger partial charge >= 0.3 is 0 Å². The molecule has 0 bridgehead atoms. The summed E-state index contributed by atoms with van der Waals surface area (Å²) in [6.45, 7) is 4.79. The van der Waals surface area contributed by atoms with Gasteiger partial charge in [-0.05, 0) is 31.0 Å². The molecule has 1 saturated heterocycles. The SMILES string of the molecule is CCOc1ccccc1CN[C@@H]1C[C@@H](C(=O)NC)N(Cc2ccccc2Cl)C1. The number of nitrogens with zero attached hydrogens (tertiary/aromatic N) is 1. The summed E-state index contributed by atoms with van der Waals surface area (Å²) in [5.74, 6) is 0.956. The first-order chi connectivity index (χ1) is 13.6. The van der Waals surface area contributed by atoms with Crippen LogP contribution in [-0.2, 0) is 17.9 Å². The summed E-state index contributed by atoms with van der Waals surface area (Å²) >= 11 is 6.33. The maximum absolute atomic E-state index is 12.4. The van der Waals surface area contributed by atoms with Crippen molar-refractivity contribution in [3.63, 3.8) is 0 Å². The van der Waals surface area contributed by atoms with Crippen molar-refractivity contribution < 1.29 is 9.53 Å². The van der Waals surface area contributed by atoms with Crippen LogP contribution in [0, 0.1) is 0 Å². The van der Waals surface area contributed by atoms with E-state index in [1.165, 1.54) is 0 Å². The van der Waals surface area contributed by atoms with Crippen LogP contribution in [0.15, 0.2) is 48.5 Å². The van der Waals surface area contributed by atoms with Crippen molar-refractivity contribution in [3.05, 3.63) is 64.7 Å². The number of ether oxygens (including phenoxy) is 1. The van der Waals surface area contributed by atoms with Gasteiger partial charge in [-0.3, -0.25) is 9.69 Å². The van der Waals surface area contributed by atoms with E-state index in [0.717, 1.165) is 34.9 Å². The average Bonchev–Trinajstić information content (AvgIpc) is 3.11. The third kappa shape index (κ3) is 5.04. The highest BCUT2D eigenvalue weighted by Crippen LogP contribution is 2.25. The van der Waals surface area contributed by atoms with Gasteiger partial charge in [0, 0.05) is 43.3 Å². The minimum Gasteiger partial charge on any atom is -0.494 e. The monoisotopic (exact) mass is 401 g/mol. The number of likely N-dealkylation sites (tertiary alicyclic amines) is 1. The smallest absolute Gasteiger partial charge is 0.237 e. The summed E-state index contributed by atoms with van der Waals surface area (Å²) in [7, 11) is 1.69. The highest BCUT2D eigenvalue weighted by atomic mass is 35.5. The van der Waals surface area contributed by atoms with Gasteiger partial charge in [0.1, 0.15) is 5.75 Å². The fourth-order valence-corrected chi connectivity index (χ4v) is 3.91. The van der Waals surface area contributed by atoms with Gasteiger partial charge in [-0.1, -0.05) is 48.0 Å². The van der Waals surface area contributed by atoms with Crippen molar-refractivity contribution in [3.8, 4) is 5.75 Å². The second kappa shape index (κ2) is 9.92.